The average Bonchev–Trinajstić information content (AvgIpc) is 2.63. The maximum absolute atomic E-state index is 11.1. The van der Waals surface area contributed by atoms with E-state index < -0.39 is 5.91 Å². The number of carbonyl (C=O) groups excluding carboxylic acids is 1. The van der Waals surface area contributed by atoms with Crippen molar-refractivity contribution in [3.8, 4) is 0 Å². The fraction of sp³-hybridized carbons (Fsp3) is 0.300. The summed E-state index contributed by atoms with van der Waals surface area (Å²) < 4.78 is 0. The van der Waals surface area contributed by atoms with Gasteiger partial charge < -0.3 is 16.0 Å². The molecule has 0 aromatic heterocycles. The number of nitrogens with one attached hydrogen (secondary N) is 1. The van der Waals surface area contributed by atoms with Crippen LogP contribution in [0.3, 0.4) is 0 Å². The third kappa shape index (κ3) is 6.33. The normalized spacial score (nSPS) is 10.8. The zero-order valence-corrected chi connectivity index (χ0v) is 17.9. The third-order valence-electron chi connectivity index (χ3n) is 4.11. The van der Waals surface area contributed by atoms with Gasteiger partial charge in [-0.15, -0.1) is 24.0 Å². The van der Waals surface area contributed by atoms with E-state index in [4.69, 9.17) is 5.73 Å². The van der Waals surface area contributed by atoms with E-state index in [-0.39, 0.29) is 24.0 Å². The lowest BCUT2D eigenvalue weighted by molar-refractivity contribution is 0.100. The van der Waals surface area contributed by atoms with Gasteiger partial charge in [0.1, 0.15) is 0 Å². The van der Waals surface area contributed by atoms with Crippen LogP contribution in [0.25, 0.3) is 0 Å². The van der Waals surface area contributed by atoms with Crippen LogP contribution in [0.2, 0.25) is 0 Å². The summed E-state index contributed by atoms with van der Waals surface area (Å²) in [4.78, 5) is 17.5. The predicted octanol–water partition coefficient (Wildman–Crippen LogP) is 3.17. The van der Waals surface area contributed by atoms with Gasteiger partial charge in [-0.3, -0.25) is 9.79 Å². The second-order valence-electron chi connectivity index (χ2n) is 5.99. The van der Waals surface area contributed by atoms with Gasteiger partial charge in [0.25, 0.3) is 0 Å². The van der Waals surface area contributed by atoms with Crippen molar-refractivity contribution in [1.29, 1.82) is 0 Å². The first-order valence-electron chi connectivity index (χ1n) is 8.41. The van der Waals surface area contributed by atoms with Crippen LogP contribution < -0.4 is 11.1 Å². The number of nitrogens with zero attached hydrogens (tertiary/aromatic N) is 2. The van der Waals surface area contributed by atoms with E-state index in [0.29, 0.717) is 12.1 Å². The Hall–Kier alpha value is -2.09. The SMILES string of the molecule is CCc1ccc(CN(C)C(=NC)NCc2ccc(C(N)=O)cc2)cc1.I. The molecule has 0 spiro atoms. The first-order valence-corrected chi connectivity index (χ1v) is 8.41. The molecule has 0 saturated carbocycles. The lowest BCUT2D eigenvalue weighted by Crippen LogP contribution is -2.38. The monoisotopic (exact) mass is 466 g/mol. The van der Waals surface area contributed by atoms with Gasteiger partial charge in [-0.25, -0.2) is 0 Å². The first kappa shape index (κ1) is 22.0. The molecule has 0 bridgehead atoms. The van der Waals surface area contributed by atoms with Crippen molar-refractivity contribution >= 4 is 35.8 Å². The molecule has 0 heterocycles. The number of carbonyl (C=O) groups is 1. The molecule has 6 heteroatoms. The lowest BCUT2D eigenvalue weighted by atomic mass is 10.1. The summed E-state index contributed by atoms with van der Waals surface area (Å²) in [5, 5.41) is 3.34. The molecule has 2 aromatic rings. The molecule has 0 aliphatic rings. The van der Waals surface area contributed by atoms with Crippen LogP contribution in [0, 0.1) is 0 Å². The van der Waals surface area contributed by atoms with Crippen molar-refractivity contribution in [3.63, 3.8) is 0 Å². The Morgan fingerprint density at radius 3 is 2.08 bits per heavy atom. The van der Waals surface area contributed by atoms with E-state index in [9.17, 15) is 4.79 Å². The smallest absolute Gasteiger partial charge is 0.248 e. The van der Waals surface area contributed by atoms with Crippen LogP contribution in [-0.2, 0) is 19.5 Å². The molecule has 0 saturated heterocycles. The number of rotatable bonds is 6. The Morgan fingerprint density at radius 1 is 1.04 bits per heavy atom. The highest BCUT2D eigenvalue weighted by molar-refractivity contribution is 14.0. The van der Waals surface area contributed by atoms with Crippen LogP contribution in [-0.4, -0.2) is 30.9 Å². The summed E-state index contributed by atoms with van der Waals surface area (Å²) in [6, 6.07) is 15.9. The number of amides is 1. The molecule has 0 aliphatic heterocycles. The molecular formula is C20H27IN4O. The molecule has 2 rings (SSSR count). The van der Waals surface area contributed by atoms with Crippen molar-refractivity contribution in [2.75, 3.05) is 14.1 Å². The van der Waals surface area contributed by atoms with Gasteiger partial charge in [-0.1, -0.05) is 43.3 Å². The molecule has 0 radical (unpaired) electrons. The van der Waals surface area contributed by atoms with E-state index in [1.54, 1.807) is 19.2 Å². The zero-order chi connectivity index (χ0) is 18.2. The topological polar surface area (TPSA) is 70.7 Å². The van der Waals surface area contributed by atoms with Gasteiger partial charge in [0.15, 0.2) is 5.96 Å². The molecule has 3 N–H and O–H groups in total. The van der Waals surface area contributed by atoms with Crippen molar-refractivity contribution < 1.29 is 4.79 Å². The summed E-state index contributed by atoms with van der Waals surface area (Å²) in [6.07, 6.45) is 1.05. The standard InChI is InChI=1S/C20H26N4O.HI/c1-4-15-5-7-17(8-6-15)14-24(3)20(22-2)23-13-16-9-11-18(12-10-16)19(21)25;/h5-12H,4,13-14H2,1-3H3,(H2,21,25)(H,22,23);1H. The summed E-state index contributed by atoms with van der Waals surface area (Å²) >= 11 is 0. The largest absolute Gasteiger partial charge is 0.366 e. The molecule has 0 atom stereocenters. The van der Waals surface area contributed by atoms with Gasteiger partial charge in [-0.2, -0.15) is 0 Å². The third-order valence-corrected chi connectivity index (χ3v) is 4.11. The highest BCUT2D eigenvalue weighted by atomic mass is 127. The van der Waals surface area contributed by atoms with Gasteiger partial charge in [0.2, 0.25) is 5.91 Å². The molecule has 0 fully saturated rings. The number of aliphatic imine (C=N–C) groups is 1. The molecule has 1 amide bonds. The van der Waals surface area contributed by atoms with Gasteiger partial charge in [0.05, 0.1) is 0 Å². The number of guanidine groups is 1. The fourth-order valence-electron chi connectivity index (χ4n) is 2.58. The minimum atomic E-state index is -0.413. The van der Waals surface area contributed by atoms with Crippen molar-refractivity contribution in [2.24, 2.45) is 10.7 Å². The first-order chi connectivity index (χ1) is 12.0. The molecule has 140 valence electrons. The Labute approximate surface area is 172 Å². The van der Waals surface area contributed by atoms with E-state index in [0.717, 1.165) is 24.5 Å². The number of primary amides is 1. The Kier molecular flexibility index (Phi) is 9.12. The van der Waals surface area contributed by atoms with Crippen LogP contribution in [0.4, 0.5) is 0 Å². The second kappa shape index (κ2) is 10.8. The van der Waals surface area contributed by atoms with Crippen molar-refractivity contribution in [1.82, 2.24) is 10.2 Å². The molecule has 2 aromatic carbocycles. The number of halogens is 1. The summed E-state index contributed by atoms with van der Waals surface area (Å²) in [6.45, 7) is 3.57. The Morgan fingerprint density at radius 2 is 1.58 bits per heavy atom. The summed E-state index contributed by atoms with van der Waals surface area (Å²) in [5.41, 5.74) is 9.42. The summed E-state index contributed by atoms with van der Waals surface area (Å²) in [5.74, 6) is 0.405. The predicted molar refractivity (Wildman–Crippen MR) is 118 cm³/mol. The lowest BCUT2D eigenvalue weighted by Gasteiger charge is -2.22. The minimum Gasteiger partial charge on any atom is -0.366 e. The van der Waals surface area contributed by atoms with Crippen molar-refractivity contribution in [3.05, 3.63) is 70.8 Å². The minimum absolute atomic E-state index is 0. The second-order valence-corrected chi connectivity index (χ2v) is 5.99. The van der Waals surface area contributed by atoms with E-state index in [1.807, 2.05) is 19.2 Å². The zero-order valence-electron chi connectivity index (χ0n) is 15.5. The highest BCUT2D eigenvalue weighted by Gasteiger charge is 2.07. The Bertz CT molecular complexity index is 726. The molecule has 0 unspecified atom stereocenters. The number of benzene rings is 2. The van der Waals surface area contributed by atoms with Crippen LogP contribution in [0.1, 0.15) is 34.0 Å². The fourth-order valence-corrected chi connectivity index (χ4v) is 2.58. The maximum atomic E-state index is 11.1. The van der Waals surface area contributed by atoms with E-state index in [1.165, 1.54) is 11.1 Å². The average molecular weight is 466 g/mol. The van der Waals surface area contributed by atoms with E-state index in [2.05, 4.69) is 46.4 Å². The number of hydrogen-bond acceptors (Lipinski definition) is 2. The van der Waals surface area contributed by atoms with Gasteiger partial charge >= 0.3 is 0 Å². The number of nitrogens with two attached hydrogens (primary N) is 1. The molecule has 26 heavy (non-hydrogen) atoms. The summed E-state index contributed by atoms with van der Waals surface area (Å²) in [7, 11) is 3.79. The maximum Gasteiger partial charge on any atom is 0.248 e. The van der Waals surface area contributed by atoms with Crippen LogP contribution in [0.5, 0.6) is 0 Å². The van der Waals surface area contributed by atoms with Gasteiger partial charge in [-0.05, 0) is 35.2 Å². The highest BCUT2D eigenvalue weighted by Crippen LogP contribution is 2.08. The van der Waals surface area contributed by atoms with E-state index >= 15 is 0 Å². The molecule has 5 nitrogen and oxygen atoms in total. The number of hydrogen-bond donors (Lipinski definition) is 2. The molecular weight excluding hydrogens is 439 g/mol. The van der Waals surface area contributed by atoms with Crippen LogP contribution in [0.15, 0.2) is 53.5 Å². The van der Waals surface area contributed by atoms with Crippen molar-refractivity contribution in [2.45, 2.75) is 26.4 Å². The van der Waals surface area contributed by atoms with Crippen LogP contribution >= 0.6 is 24.0 Å². The number of aryl methyl sites for hydroxylation is 1. The van der Waals surface area contributed by atoms with Gasteiger partial charge in [0, 0.05) is 32.7 Å². The Balaban J connectivity index is 0.00000338. The quantitative estimate of drug-likeness (QED) is 0.391. The molecule has 0 aliphatic carbocycles.